The Hall–Kier alpha value is -3.23. The number of thioether (sulfide) groups is 1. The number of hydrogen-bond acceptors (Lipinski definition) is 5. The van der Waals surface area contributed by atoms with Gasteiger partial charge in [-0.1, -0.05) is 36.0 Å². The molecular formula is C26H25FN4O2S. The van der Waals surface area contributed by atoms with Gasteiger partial charge in [-0.2, -0.15) is 0 Å². The maximum Gasteiger partial charge on any atom is 0.251 e. The van der Waals surface area contributed by atoms with E-state index in [1.165, 1.54) is 12.1 Å². The first-order chi connectivity index (χ1) is 16.7. The van der Waals surface area contributed by atoms with Crippen molar-refractivity contribution in [3.63, 3.8) is 0 Å². The molecule has 1 saturated heterocycles. The van der Waals surface area contributed by atoms with Crippen molar-refractivity contribution < 1.29 is 13.9 Å². The predicted molar refractivity (Wildman–Crippen MR) is 130 cm³/mol. The lowest BCUT2D eigenvalue weighted by molar-refractivity contribution is 0.0858. The zero-order valence-electron chi connectivity index (χ0n) is 18.6. The molecule has 1 unspecified atom stereocenters. The highest BCUT2D eigenvalue weighted by Gasteiger charge is 2.17. The Kier molecular flexibility index (Phi) is 6.87. The van der Waals surface area contributed by atoms with Crippen molar-refractivity contribution in [1.82, 2.24) is 19.9 Å². The van der Waals surface area contributed by atoms with E-state index in [2.05, 4.69) is 14.9 Å². The van der Waals surface area contributed by atoms with Gasteiger partial charge in [0, 0.05) is 30.7 Å². The SMILES string of the molecule is O=C(NCC1CCCO1)c1ccc(Cn2c(SCc3ccc(F)cc3)nc3cccnc32)cc1. The smallest absolute Gasteiger partial charge is 0.251 e. The van der Waals surface area contributed by atoms with Crippen molar-refractivity contribution in [2.24, 2.45) is 0 Å². The Bertz CT molecular complexity index is 1270. The van der Waals surface area contributed by atoms with Crippen molar-refractivity contribution in [3.8, 4) is 0 Å². The van der Waals surface area contributed by atoms with Gasteiger partial charge in [0.1, 0.15) is 11.3 Å². The van der Waals surface area contributed by atoms with E-state index >= 15 is 0 Å². The molecule has 2 aromatic heterocycles. The van der Waals surface area contributed by atoms with Gasteiger partial charge in [-0.15, -0.1) is 0 Å². The van der Waals surface area contributed by atoms with Crippen LogP contribution < -0.4 is 5.32 Å². The van der Waals surface area contributed by atoms with Crippen LogP contribution in [0, 0.1) is 5.82 Å². The summed E-state index contributed by atoms with van der Waals surface area (Å²) in [6.07, 6.45) is 3.93. The number of amides is 1. The van der Waals surface area contributed by atoms with E-state index < -0.39 is 0 Å². The van der Waals surface area contributed by atoms with Gasteiger partial charge < -0.3 is 10.1 Å². The summed E-state index contributed by atoms with van der Waals surface area (Å²) in [6.45, 7) is 1.90. The maximum atomic E-state index is 13.2. The van der Waals surface area contributed by atoms with Gasteiger partial charge >= 0.3 is 0 Å². The summed E-state index contributed by atoms with van der Waals surface area (Å²) in [5, 5.41) is 3.80. The standard InChI is InChI=1S/C26H25FN4O2S/c27-21-11-7-19(8-12-21)17-34-26-30-23-4-1-13-28-24(23)31(26)16-18-5-9-20(10-6-18)25(32)29-15-22-3-2-14-33-22/h1,4-13,22H,2-3,14-17H2,(H,29,32). The number of hydrogen-bond donors (Lipinski definition) is 1. The zero-order chi connectivity index (χ0) is 23.3. The number of imidazole rings is 1. The number of rotatable bonds is 8. The number of nitrogens with one attached hydrogen (secondary N) is 1. The van der Waals surface area contributed by atoms with E-state index in [-0.39, 0.29) is 17.8 Å². The first-order valence-electron chi connectivity index (χ1n) is 11.3. The molecule has 174 valence electrons. The fourth-order valence-electron chi connectivity index (χ4n) is 3.98. The molecule has 1 atom stereocenters. The molecule has 1 fully saturated rings. The van der Waals surface area contributed by atoms with Crippen LogP contribution in [0.3, 0.4) is 0 Å². The van der Waals surface area contributed by atoms with Crippen LogP contribution in [-0.4, -0.2) is 39.7 Å². The molecule has 8 heteroatoms. The second-order valence-corrected chi connectivity index (χ2v) is 9.23. The van der Waals surface area contributed by atoms with Crippen molar-refractivity contribution >= 4 is 28.8 Å². The van der Waals surface area contributed by atoms with Crippen LogP contribution in [0.2, 0.25) is 0 Å². The zero-order valence-corrected chi connectivity index (χ0v) is 19.4. The molecule has 1 N–H and O–H groups in total. The fourth-order valence-corrected chi connectivity index (χ4v) is 4.93. The molecule has 34 heavy (non-hydrogen) atoms. The van der Waals surface area contributed by atoms with Crippen LogP contribution in [0.5, 0.6) is 0 Å². The second kappa shape index (κ2) is 10.4. The van der Waals surface area contributed by atoms with E-state index in [1.807, 2.05) is 36.4 Å². The maximum absolute atomic E-state index is 13.2. The lowest BCUT2D eigenvalue weighted by atomic mass is 10.1. The van der Waals surface area contributed by atoms with E-state index in [9.17, 15) is 9.18 Å². The Morgan fingerprint density at radius 1 is 1.12 bits per heavy atom. The number of pyridine rings is 1. The highest BCUT2D eigenvalue weighted by atomic mass is 32.2. The summed E-state index contributed by atoms with van der Waals surface area (Å²) in [6, 6.07) is 18.0. The van der Waals surface area contributed by atoms with Gasteiger partial charge in [-0.25, -0.2) is 14.4 Å². The summed E-state index contributed by atoms with van der Waals surface area (Å²) in [5.41, 5.74) is 4.33. The molecule has 0 saturated carbocycles. The average Bonchev–Trinajstić information content (AvgIpc) is 3.51. The average molecular weight is 477 g/mol. The van der Waals surface area contributed by atoms with Crippen LogP contribution in [0.15, 0.2) is 72.0 Å². The van der Waals surface area contributed by atoms with Gasteiger partial charge in [0.15, 0.2) is 10.8 Å². The van der Waals surface area contributed by atoms with Crippen molar-refractivity contribution in [1.29, 1.82) is 0 Å². The lowest BCUT2D eigenvalue weighted by Crippen LogP contribution is -2.31. The van der Waals surface area contributed by atoms with Crippen molar-refractivity contribution in [2.45, 2.75) is 36.4 Å². The van der Waals surface area contributed by atoms with Gasteiger partial charge in [0.25, 0.3) is 5.91 Å². The van der Waals surface area contributed by atoms with Gasteiger partial charge in [0.05, 0.1) is 12.6 Å². The summed E-state index contributed by atoms with van der Waals surface area (Å²) in [4.78, 5) is 21.8. The molecule has 3 heterocycles. The molecule has 0 radical (unpaired) electrons. The number of ether oxygens (including phenoxy) is 1. The first kappa shape index (κ1) is 22.6. The summed E-state index contributed by atoms with van der Waals surface area (Å²) < 4.78 is 20.9. The van der Waals surface area contributed by atoms with E-state index in [4.69, 9.17) is 9.72 Å². The first-order valence-corrected chi connectivity index (χ1v) is 12.3. The normalized spacial score (nSPS) is 15.6. The third-order valence-corrected chi connectivity index (χ3v) is 6.87. The molecule has 0 aliphatic carbocycles. The van der Waals surface area contributed by atoms with Crippen LogP contribution in [-0.2, 0) is 17.0 Å². The van der Waals surface area contributed by atoms with Gasteiger partial charge in [-0.05, 0) is 60.4 Å². The summed E-state index contributed by atoms with van der Waals surface area (Å²) in [7, 11) is 0. The third kappa shape index (κ3) is 5.29. The fraction of sp³-hybridized carbons (Fsp3) is 0.269. The Morgan fingerprint density at radius 3 is 2.68 bits per heavy atom. The molecule has 0 spiro atoms. The molecule has 0 bridgehead atoms. The number of fused-ring (bicyclic) bond motifs is 1. The van der Waals surface area contributed by atoms with E-state index in [0.717, 1.165) is 46.9 Å². The number of nitrogens with zero attached hydrogens (tertiary/aromatic N) is 3. The molecular weight excluding hydrogens is 451 g/mol. The largest absolute Gasteiger partial charge is 0.376 e. The van der Waals surface area contributed by atoms with Crippen LogP contribution >= 0.6 is 11.8 Å². The van der Waals surface area contributed by atoms with Crippen LogP contribution in [0.25, 0.3) is 11.2 Å². The minimum atomic E-state index is -0.241. The van der Waals surface area contributed by atoms with Crippen LogP contribution in [0.1, 0.15) is 34.3 Å². The van der Waals surface area contributed by atoms with Crippen molar-refractivity contribution in [3.05, 3.63) is 89.4 Å². The molecule has 1 amide bonds. The number of halogens is 1. The Balaban J connectivity index is 1.30. The molecule has 4 aromatic rings. The Morgan fingerprint density at radius 2 is 1.91 bits per heavy atom. The van der Waals surface area contributed by atoms with Gasteiger partial charge in [0.2, 0.25) is 0 Å². The molecule has 6 nitrogen and oxygen atoms in total. The summed E-state index contributed by atoms with van der Waals surface area (Å²) >= 11 is 1.59. The minimum Gasteiger partial charge on any atom is -0.376 e. The van der Waals surface area contributed by atoms with Crippen molar-refractivity contribution in [2.75, 3.05) is 13.2 Å². The van der Waals surface area contributed by atoms with Crippen LogP contribution in [0.4, 0.5) is 4.39 Å². The van der Waals surface area contributed by atoms with Gasteiger partial charge in [-0.3, -0.25) is 9.36 Å². The monoisotopic (exact) mass is 476 g/mol. The number of aromatic nitrogens is 3. The second-order valence-electron chi connectivity index (χ2n) is 8.28. The lowest BCUT2D eigenvalue weighted by Gasteiger charge is -2.12. The molecule has 1 aliphatic rings. The number of benzene rings is 2. The molecule has 2 aromatic carbocycles. The minimum absolute atomic E-state index is 0.0904. The summed E-state index contributed by atoms with van der Waals surface area (Å²) in [5.74, 6) is 0.342. The highest BCUT2D eigenvalue weighted by molar-refractivity contribution is 7.98. The highest BCUT2D eigenvalue weighted by Crippen LogP contribution is 2.27. The quantitative estimate of drug-likeness (QED) is 0.369. The molecule has 1 aliphatic heterocycles. The molecule has 5 rings (SSSR count). The Labute approximate surface area is 201 Å². The van der Waals surface area contributed by atoms with E-state index in [0.29, 0.717) is 24.4 Å². The topological polar surface area (TPSA) is 69.0 Å². The predicted octanol–water partition coefficient (Wildman–Crippen LogP) is 4.82. The number of carbonyl (C=O) groups excluding carboxylic acids is 1. The number of carbonyl (C=O) groups is 1. The third-order valence-electron chi connectivity index (χ3n) is 5.82. The van der Waals surface area contributed by atoms with E-state index in [1.54, 1.807) is 30.1 Å².